The molecule has 0 spiro atoms. The Morgan fingerprint density at radius 2 is 1.92 bits per heavy atom. The van der Waals surface area contributed by atoms with Gasteiger partial charge in [0.1, 0.15) is 11.3 Å². The van der Waals surface area contributed by atoms with Crippen molar-refractivity contribution in [3.05, 3.63) is 29.0 Å². The molecule has 2 aromatic rings. The second-order valence-corrected chi connectivity index (χ2v) is 3.26. The van der Waals surface area contributed by atoms with Crippen molar-refractivity contribution in [1.82, 2.24) is 9.97 Å². The van der Waals surface area contributed by atoms with Crippen LogP contribution in [0.15, 0.2) is 29.0 Å². The van der Waals surface area contributed by atoms with Gasteiger partial charge in [0.25, 0.3) is 0 Å². The second-order valence-electron chi connectivity index (χ2n) is 2.35. The standard InChI is InChI=1S/C8H5BrN2O/c9-5-3-6-8(7(12)4-5)11-2-1-10-6/h1-4,12H. The number of hydrogen-bond donors (Lipinski definition) is 1. The molecule has 60 valence electrons. The molecule has 4 heteroatoms. The van der Waals surface area contributed by atoms with Crippen LogP contribution in [0, 0.1) is 0 Å². The maximum Gasteiger partial charge on any atom is 0.144 e. The van der Waals surface area contributed by atoms with E-state index in [0.717, 1.165) is 4.47 Å². The van der Waals surface area contributed by atoms with Gasteiger partial charge in [0, 0.05) is 16.9 Å². The van der Waals surface area contributed by atoms with Gasteiger partial charge in [-0.3, -0.25) is 4.98 Å². The minimum Gasteiger partial charge on any atom is -0.506 e. The molecule has 12 heavy (non-hydrogen) atoms. The van der Waals surface area contributed by atoms with Crippen molar-refractivity contribution < 1.29 is 5.11 Å². The number of halogens is 1. The third-order valence-electron chi connectivity index (χ3n) is 1.52. The molecule has 0 saturated heterocycles. The van der Waals surface area contributed by atoms with Crippen molar-refractivity contribution in [2.75, 3.05) is 0 Å². The molecule has 0 unspecified atom stereocenters. The molecular weight excluding hydrogens is 220 g/mol. The molecule has 0 saturated carbocycles. The van der Waals surface area contributed by atoms with Gasteiger partial charge in [-0.25, -0.2) is 4.98 Å². The SMILES string of the molecule is Oc1cc(Br)cc2nccnc12. The number of aromatic hydroxyl groups is 1. The average Bonchev–Trinajstić information content (AvgIpc) is 2.04. The van der Waals surface area contributed by atoms with E-state index in [9.17, 15) is 5.11 Å². The third-order valence-corrected chi connectivity index (χ3v) is 1.98. The highest BCUT2D eigenvalue weighted by atomic mass is 79.9. The highest BCUT2D eigenvalue weighted by molar-refractivity contribution is 9.10. The third kappa shape index (κ3) is 1.14. The van der Waals surface area contributed by atoms with Crippen molar-refractivity contribution in [1.29, 1.82) is 0 Å². The Morgan fingerprint density at radius 1 is 1.17 bits per heavy atom. The largest absolute Gasteiger partial charge is 0.506 e. The molecule has 3 nitrogen and oxygen atoms in total. The van der Waals surface area contributed by atoms with E-state index in [1.54, 1.807) is 18.5 Å². The highest BCUT2D eigenvalue weighted by Crippen LogP contribution is 2.25. The highest BCUT2D eigenvalue weighted by Gasteiger charge is 2.01. The Morgan fingerprint density at radius 3 is 2.75 bits per heavy atom. The van der Waals surface area contributed by atoms with Crippen LogP contribution in [0.5, 0.6) is 5.75 Å². The van der Waals surface area contributed by atoms with Gasteiger partial charge in [0.2, 0.25) is 0 Å². The number of rotatable bonds is 0. The van der Waals surface area contributed by atoms with Crippen molar-refractivity contribution in [3.63, 3.8) is 0 Å². The van der Waals surface area contributed by atoms with Crippen LogP contribution in [-0.2, 0) is 0 Å². The van der Waals surface area contributed by atoms with Gasteiger partial charge in [0.15, 0.2) is 0 Å². The number of fused-ring (bicyclic) bond motifs is 1. The van der Waals surface area contributed by atoms with Gasteiger partial charge in [-0.15, -0.1) is 0 Å². The van der Waals surface area contributed by atoms with Crippen molar-refractivity contribution in [3.8, 4) is 5.75 Å². The molecular formula is C8H5BrN2O. The summed E-state index contributed by atoms with van der Waals surface area (Å²) >= 11 is 3.26. The van der Waals surface area contributed by atoms with Gasteiger partial charge in [0.05, 0.1) is 5.52 Å². The summed E-state index contributed by atoms with van der Waals surface area (Å²) in [4.78, 5) is 8.04. The van der Waals surface area contributed by atoms with Crippen LogP contribution in [0.4, 0.5) is 0 Å². The van der Waals surface area contributed by atoms with Crippen LogP contribution >= 0.6 is 15.9 Å². The van der Waals surface area contributed by atoms with Crippen molar-refractivity contribution >= 4 is 27.0 Å². The summed E-state index contributed by atoms with van der Waals surface area (Å²) in [6.07, 6.45) is 3.14. The maximum absolute atomic E-state index is 9.42. The fraction of sp³-hybridized carbons (Fsp3) is 0. The predicted molar refractivity (Wildman–Crippen MR) is 48.9 cm³/mol. The molecule has 1 N–H and O–H groups in total. The van der Waals surface area contributed by atoms with E-state index in [-0.39, 0.29) is 5.75 Å². The van der Waals surface area contributed by atoms with Crippen LogP contribution in [0.3, 0.4) is 0 Å². The summed E-state index contributed by atoms with van der Waals surface area (Å²) in [6, 6.07) is 3.40. The zero-order valence-electron chi connectivity index (χ0n) is 6.03. The molecule has 1 aromatic heterocycles. The topological polar surface area (TPSA) is 46.0 Å². The first-order valence-electron chi connectivity index (χ1n) is 3.36. The van der Waals surface area contributed by atoms with E-state index < -0.39 is 0 Å². The molecule has 0 atom stereocenters. The zero-order chi connectivity index (χ0) is 8.55. The lowest BCUT2D eigenvalue weighted by molar-refractivity contribution is 0.480. The summed E-state index contributed by atoms with van der Waals surface area (Å²) in [7, 11) is 0. The molecule has 0 radical (unpaired) electrons. The van der Waals surface area contributed by atoms with Gasteiger partial charge < -0.3 is 5.11 Å². The normalized spacial score (nSPS) is 10.4. The molecule has 0 aliphatic rings. The van der Waals surface area contributed by atoms with Crippen LogP contribution in [0.1, 0.15) is 0 Å². The first-order valence-corrected chi connectivity index (χ1v) is 4.16. The molecule has 2 rings (SSSR count). The molecule has 1 heterocycles. The minimum absolute atomic E-state index is 0.146. The molecule has 0 aliphatic carbocycles. The average molecular weight is 225 g/mol. The van der Waals surface area contributed by atoms with Gasteiger partial charge in [-0.1, -0.05) is 15.9 Å². The number of hydrogen-bond acceptors (Lipinski definition) is 3. The van der Waals surface area contributed by atoms with Crippen LogP contribution < -0.4 is 0 Å². The lowest BCUT2D eigenvalue weighted by atomic mass is 10.3. The molecule has 0 aliphatic heterocycles. The maximum atomic E-state index is 9.42. The van der Waals surface area contributed by atoms with E-state index in [1.807, 2.05) is 6.07 Å². The van der Waals surface area contributed by atoms with Crippen LogP contribution in [-0.4, -0.2) is 15.1 Å². The lowest BCUT2D eigenvalue weighted by Gasteiger charge is -1.98. The number of aromatic nitrogens is 2. The Bertz CT molecular complexity index is 430. The Balaban J connectivity index is 2.89. The van der Waals surface area contributed by atoms with E-state index in [2.05, 4.69) is 25.9 Å². The summed E-state index contributed by atoms with van der Waals surface area (Å²) in [5, 5.41) is 9.42. The van der Waals surface area contributed by atoms with Gasteiger partial charge in [-0.2, -0.15) is 0 Å². The molecule has 0 amide bonds. The lowest BCUT2D eigenvalue weighted by Crippen LogP contribution is -1.82. The summed E-state index contributed by atoms with van der Waals surface area (Å²) < 4.78 is 0.799. The van der Waals surface area contributed by atoms with Crippen LogP contribution in [0.2, 0.25) is 0 Å². The van der Waals surface area contributed by atoms with Crippen molar-refractivity contribution in [2.45, 2.75) is 0 Å². The monoisotopic (exact) mass is 224 g/mol. The Hall–Kier alpha value is -1.16. The fourth-order valence-corrected chi connectivity index (χ4v) is 1.46. The van der Waals surface area contributed by atoms with E-state index >= 15 is 0 Å². The predicted octanol–water partition coefficient (Wildman–Crippen LogP) is 2.10. The number of nitrogens with zero attached hydrogens (tertiary/aromatic N) is 2. The number of benzene rings is 1. The quantitative estimate of drug-likeness (QED) is 0.746. The smallest absolute Gasteiger partial charge is 0.144 e. The van der Waals surface area contributed by atoms with E-state index in [1.165, 1.54) is 0 Å². The van der Waals surface area contributed by atoms with Crippen molar-refractivity contribution in [2.24, 2.45) is 0 Å². The number of phenolic OH excluding ortho intramolecular Hbond substituents is 1. The Kier molecular flexibility index (Phi) is 1.69. The van der Waals surface area contributed by atoms with Gasteiger partial charge in [-0.05, 0) is 12.1 Å². The van der Waals surface area contributed by atoms with Crippen LogP contribution in [0.25, 0.3) is 11.0 Å². The Labute approximate surface area is 77.2 Å². The molecule has 1 aromatic carbocycles. The summed E-state index contributed by atoms with van der Waals surface area (Å²) in [5.74, 6) is 0.146. The second kappa shape index (κ2) is 2.71. The van der Waals surface area contributed by atoms with E-state index in [0.29, 0.717) is 11.0 Å². The minimum atomic E-state index is 0.146. The summed E-state index contributed by atoms with van der Waals surface area (Å²) in [6.45, 7) is 0. The first kappa shape index (κ1) is 7.49. The fourth-order valence-electron chi connectivity index (χ4n) is 1.02. The summed E-state index contributed by atoms with van der Waals surface area (Å²) in [5.41, 5.74) is 1.21. The van der Waals surface area contributed by atoms with E-state index in [4.69, 9.17) is 0 Å². The van der Waals surface area contributed by atoms with Gasteiger partial charge >= 0.3 is 0 Å². The number of phenols is 1. The molecule has 0 fully saturated rings. The molecule has 0 bridgehead atoms. The first-order chi connectivity index (χ1) is 5.77. The zero-order valence-corrected chi connectivity index (χ0v) is 7.62.